The topological polar surface area (TPSA) is 75.2 Å². The van der Waals surface area contributed by atoms with Gasteiger partial charge in [0.1, 0.15) is 5.01 Å². The summed E-state index contributed by atoms with van der Waals surface area (Å²) in [7, 11) is 3.26. The highest BCUT2D eigenvalue weighted by molar-refractivity contribution is 7.98. The summed E-state index contributed by atoms with van der Waals surface area (Å²) in [5, 5.41) is 12.6. The van der Waals surface area contributed by atoms with Crippen molar-refractivity contribution in [1.82, 2.24) is 19.7 Å². The second kappa shape index (κ2) is 9.51. The van der Waals surface area contributed by atoms with E-state index in [2.05, 4.69) is 15.6 Å². The molecule has 9 heteroatoms. The monoisotopic (exact) mass is 476 g/mol. The van der Waals surface area contributed by atoms with Crippen molar-refractivity contribution in [3.05, 3.63) is 78.0 Å². The first kappa shape index (κ1) is 21.3. The molecule has 0 amide bonds. The lowest BCUT2D eigenvalue weighted by atomic mass is 10.2. The first-order valence-electron chi connectivity index (χ1n) is 10.1. The number of hydrogen-bond donors (Lipinski definition) is 0. The maximum Gasteiger partial charge on any atom is 0.205 e. The van der Waals surface area contributed by atoms with Crippen LogP contribution in [0.15, 0.2) is 81.9 Å². The number of methoxy groups -OCH3 is 2. The van der Waals surface area contributed by atoms with Crippen molar-refractivity contribution in [2.45, 2.75) is 10.9 Å². The van der Waals surface area contributed by atoms with Crippen molar-refractivity contribution in [2.24, 2.45) is 0 Å². The van der Waals surface area contributed by atoms with E-state index in [-0.39, 0.29) is 0 Å². The second-order valence-electron chi connectivity index (χ2n) is 6.96. The summed E-state index contributed by atoms with van der Waals surface area (Å²) in [5.41, 5.74) is 2.93. The van der Waals surface area contributed by atoms with E-state index in [1.165, 1.54) is 0 Å². The van der Waals surface area contributed by atoms with Crippen molar-refractivity contribution in [3.8, 4) is 39.3 Å². The van der Waals surface area contributed by atoms with Crippen LogP contribution in [0, 0.1) is 0 Å². The minimum atomic E-state index is 0.660. The fraction of sp³-hybridized carbons (Fsp3) is 0.125. The molecule has 0 aliphatic carbocycles. The van der Waals surface area contributed by atoms with E-state index < -0.39 is 0 Å². The quantitative estimate of drug-likeness (QED) is 0.256. The number of furan rings is 1. The van der Waals surface area contributed by atoms with Crippen molar-refractivity contribution in [2.75, 3.05) is 14.2 Å². The molecule has 0 radical (unpaired) electrons. The predicted octanol–water partition coefficient (Wildman–Crippen LogP) is 5.96. The minimum absolute atomic E-state index is 0.660. The number of benzene rings is 2. The first-order valence-corrected chi connectivity index (χ1v) is 12.0. The average molecular weight is 477 g/mol. The van der Waals surface area contributed by atoms with Gasteiger partial charge in [0, 0.05) is 22.4 Å². The Morgan fingerprint density at radius 2 is 1.82 bits per heavy atom. The highest BCUT2D eigenvalue weighted by Gasteiger charge is 2.18. The molecule has 0 N–H and O–H groups in total. The Morgan fingerprint density at radius 3 is 2.58 bits per heavy atom. The Bertz CT molecular complexity index is 1350. The highest BCUT2D eigenvalue weighted by atomic mass is 32.2. The molecule has 0 bridgehead atoms. The summed E-state index contributed by atoms with van der Waals surface area (Å²) in [4.78, 5) is 4.81. The number of aromatic nitrogens is 4. The molecule has 5 rings (SSSR count). The normalized spacial score (nSPS) is 11.0. The van der Waals surface area contributed by atoms with Crippen molar-refractivity contribution in [3.63, 3.8) is 0 Å². The molecule has 5 aromatic rings. The van der Waals surface area contributed by atoms with Gasteiger partial charge in [-0.25, -0.2) is 4.98 Å². The van der Waals surface area contributed by atoms with Crippen LogP contribution in [-0.4, -0.2) is 34.0 Å². The Hall–Kier alpha value is -3.56. The standard InChI is InChI=1S/C24H20N4O3S2/c1-29-19-11-10-16(13-21(19)30-2)23-25-17(14-32-23)15-33-24-27-26-22(20-9-6-12-31-20)28(24)18-7-4-3-5-8-18/h3-14H,15H2,1-2H3. The molecule has 0 atom stereocenters. The van der Waals surface area contributed by atoms with Crippen LogP contribution in [0.4, 0.5) is 0 Å². The molecule has 3 heterocycles. The van der Waals surface area contributed by atoms with Crippen molar-refractivity contribution >= 4 is 23.1 Å². The van der Waals surface area contributed by atoms with Gasteiger partial charge in [0.05, 0.1) is 26.2 Å². The first-order chi connectivity index (χ1) is 16.3. The molecule has 7 nitrogen and oxygen atoms in total. The Balaban J connectivity index is 1.39. The molecule has 33 heavy (non-hydrogen) atoms. The van der Waals surface area contributed by atoms with E-state index in [1.807, 2.05) is 65.2 Å². The maximum atomic E-state index is 5.58. The molecular formula is C24H20N4O3S2. The molecular weight excluding hydrogens is 456 g/mol. The molecule has 0 aliphatic heterocycles. The zero-order valence-electron chi connectivity index (χ0n) is 18.0. The van der Waals surface area contributed by atoms with Crippen LogP contribution in [0.25, 0.3) is 27.8 Å². The smallest absolute Gasteiger partial charge is 0.205 e. The van der Waals surface area contributed by atoms with Gasteiger partial charge in [0.25, 0.3) is 0 Å². The molecule has 0 fully saturated rings. The fourth-order valence-electron chi connectivity index (χ4n) is 3.35. The summed E-state index contributed by atoms with van der Waals surface area (Å²) < 4.78 is 18.3. The summed E-state index contributed by atoms with van der Waals surface area (Å²) >= 11 is 3.18. The largest absolute Gasteiger partial charge is 0.493 e. The third-order valence-electron chi connectivity index (χ3n) is 4.92. The number of para-hydroxylation sites is 1. The SMILES string of the molecule is COc1ccc(-c2nc(CSc3nnc(-c4ccco4)n3-c3ccccc3)cs2)cc1OC. The summed E-state index contributed by atoms with van der Waals surface area (Å²) in [6, 6.07) is 19.6. The molecule has 3 aromatic heterocycles. The molecule has 0 unspecified atom stereocenters. The Kier molecular flexibility index (Phi) is 6.14. The third kappa shape index (κ3) is 4.37. The maximum absolute atomic E-state index is 5.58. The van der Waals surface area contributed by atoms with Crippen molar-refractivity contribution in [1.29, 1.82) is 0 Å². The van der Waals surface area contributed by atoms with Crippen LogP contribution in [0.1, 0.15) is 5.69 Å². The van der Waals surface area contributed by atoms with Crippen LogP contribution in [0.2, 0.25) is 0 Å². The number of thiazole rings is 1. The van der Waals surface area contributed by atoms with Gasteiger partial charge in [0.15, 0.2) is 22.4 Å². The summed E-state index contributed by atoms with van der Waals surface area (Å²) in [5.74, 6) is 3.37. The van der Waals surface area contributed by atoms with E-state index in [0.717, 1.165) is 27.1 Å². The Labute approximate surface area is 199 Å². The van der Waals surface area contributed by atoms with Gasteiger partial charge in [-0.2, -0.15) is 0 Å². The zero-order valence-corrected chi connectivity index (χ0v) is 19.6. The lowest BCUT2D eigenvalue weighted by Crippen LogP contribution is -1.99. The Morgan fingerprint density at radius 1 is 0.970 bits per heavy atom. The number of rotatable bonds is 8. The number of hydrogen-bond acceptors (Lipinski definition) is 8. The van der Waals surface area contributed by atoms with Gasteiger partial charge < -0.3 is 13.9 Å². The molecule has 0 saturated carbocycles. The van der Waals surface area contributed by atoms with E-state index in [4.69, 9.17) is 18.9 Å². The zero-order chi connectivity index (χ0) is 22.6. The summed E-state index contributed by atoms with van der Waals surface area (Å²) in [6.07, 6.45) is 1.64. The number of thioether (sulfide) groups is 1. The van der Waals surface area contributed by atoms with Gasteiger partial charge in [0.2, 0.25) is 5.82 Å². The minimum Gasteiger partial charge on any atom is -0.493 e. The fourth-order valence-corrected chi connectivity index (χ4v) is 5.12. The number of ether oxygens (including phenoxy) is 2. The van der Waals surface area contributed by atoms with Gasteiger partial charge in [-0.15, -0.1) is 21.5 Å². The van der Waals surface area contributed by atoms with Gasteiger partial charge in [-0.05, 0) is 42.5 Å². The lowest BCUT2D eigenvalue weighted by Gasteiger charge is -2.08. The molecule has 0 aliphatic rings. The van der Waals surface area contributed by atoms with E-state index in [9.17, 15) is 0 Å². The van der Waals surface area contributed by atoms with Crippen LogP contribution in [0.3, 0.4) is 0 Å². The van der Waals surface area contributed by atoms with Gasteiger partial charge in [-0.1, -0.05) is 30.0 Å². The van der Waals surface area contributed by atoms with E-state index in [0.29, 0.717) is 28.8 Å². The van der Waals surface area contributed by atoms with Crippen LogP contribution >= 0.6 is 23.1 Å². The predicted molar refractivity (Wildman–Crippen MR) is 129 cm³/mol. The highest BCUT2D eigenvalue weighted by Crippen LogP contribution is 2.35. The molecule has 0 saturated heterocycles. The van der Waals surface area contributed by atoms with Crippen LogP contribution < -0.4 is 9.47 Å². The van der Waals surface area contributed by atoms with E-state index in [1.54, 1.807) is 43.6 Å². The number of nitrogens with zero attached hydrogens (tertiary/aromatic N) is 4. The van der Waals surface area contributed by atoms with Crippen LogP contribution in [-0.2, 0) is 5.75 Å². The second-order valence-corrected chi connectivity index (χ2v) is 8.76. The summed E-state index contributed by atoms with van der Waals surface area (Å²) in [6.45, 7) is 0. The van der Waals surface area contributed by atoms with Gasteiger partial charge >= 0.3 is 0 Å². The molecule has 0 spiro atoms. The van der Waals surface area contributed by atoms with Crippen molar-refractivity contribution < 1.29 is 13.9 Å². The molecule has 166 valence electrons. The van der Waals surface area contributed by atoms with Crippen LogP contribution in [0.5, 0.6) is 11.5 Å². The average Bonchev–Trinajstić information content (AvgIpc) is 3.63. The molecule has 2 aromatic carbocycles. The lowest BCUT2D eigenvalue weighted by molar-refractivity contribution is 0.355. The van der Waals surface area contributed by atoms with E-state index >= 15 is 0 Å². The van der Waals surface area contributed by atoms with Gasteiger partial charge in [-0.3, -0.25) is 4.57 Å². The third-order valence-corrected chi connectivity index (χ3v) is 6.82.